The van der Waals surface area contributed by atoms with Crippen molar-refractivity contribution in [1.82, 2.24) is 24.5 Å². The van der Waals surface area contributed by atoms with Gasteiger partial charge in [-0.2, -0.15) is 0 Å². The number of ether oxygens (including phenoxy) is 1. The van der Waals surface area contributed by atoms with Gasteiger partial charge in [0.15, 0.2) is 5.76 Å². The van der Waals surface area contributed by atoms with Gasteiger partial charge < -0.3 is 14.6 Å². The fourth-order valence-electron chi connectivity index (χ4n) is 3.35. The number of aromatic nitrogens is 5. The van der Waals surface area contributed by atoms with Crippen molar-refractivity contribution in [2.24, 2.45) is 0 Å². The van der Waals surface area contributed by atoms with E-state index in [-0.39, 0.29) is 0 Å². The van der Waals surface area contributed by atoms with Crippen molar-refractivity contribution in [2.45, 2.75) is 13.5 Å². The molecule has 31 heavy (non-hydrogen) atoms. The third-order valence-corrected chi connectivity index (χ3v) is 4.99. The lowest BCUT2D eigenvalue weighted by Gasteiger charge is -2.08. The van der Waals surface area contributed by atoms with E-state index in [1.165, 1.54) is 0 Å². The Labute approximate surface area is 178 Å². The summed E-state index contributed by atoms with van der Waals surface area (Å²) in [6.07, 6.45) is 5.27. The molecule has 0 atom stereocenters. The average Bonchev–Trinajstić information content (AvgIpc) is 3.44. The van der Waals surface area contributed by atoms with E-state index in [4.69, 9.17) is 9.26 Å². The SMILES string of the molecule is COc1ccn2c(-c3cc(NCc4ccc(-c5cc(C)no5)cc4)ncn3)cnc2c1. The highest BCUT2D eigenvalue weighted by molar-refractivity contribution is 5.63. The Balaban J connectivity index is 1.32. The Morgan fingerprint density at radius 3 is 2.68 bits per heavy atom. The molecule has 8 heteroatoms. The number of hydrogen-bond acceptors (Lipinski definition) is 7. The summed E-state index contributed by atoms with van der Waals surface area (Å²) in [6, 6.07) is 15.8. The highest BCUT2D eigenvalue weighted by Crippen LogP contribution is 2.24. The zero-order chi connectivity index (χ0) is 21.2. The van der Waals surface area contributed by atoms with E-state index in [9.17, 15) is 0 Å². The van der Waals surface area contributed by atoms with E-state index in [0.717, 1.165) is 51.2 Å². The lowest BCUT2D eigenvalue weighted by atomic mass is 10.1. The molecule has 0 radical (unpaired) electrons. The summed E-state index contributed by atoms with van der Waals surface area (Å²) in [5.74, 6) is 2.27. The lowest BCUT2D eigenvalue weighted by molar-refractivity contribution is 0.414. The van der Waals surface area contributed by atoms with Crippen molar-refractivity contribution < 1.29 is 9.26 Å². The molecule has 5 aromatic rings. The van der Waals surface area contributed by atoms with Crippen LogP contribution in [0.4, 0.5) is 5.82 Å². The van der Waals surface area contributed by atoms with Crippen LogP contribution in [0.1, 0.15) is 11.3 Å². The summed E-state index contributed by atoms with van der Waals surface area (Å²) in [5.41, 5.74) is 5.45. The number of imidazole rings is 1. The number of methoxy groups -OCH3 is 1. The number of fused-ring (bicyclic) bond motifs is 1. The number of aryl methyl sites for hydroxylation is 1. The summed E-state index contributed by atoms with van der Waals surface area (Å²) in [5, 5.41) is 7.29. The molecule has 0 aliphatic rings. The van der Waals surface area contributed by atoms with Gasteiger partial charge in [-0.05, 0) is 18.6 Å². The molecule has 0 saturated carbocycles. The van der Waals surface area contributed by atoms with E-state index < -0.39 is 0 Å². The van der Waals surface area contributed by atoms with Crippen LogP contribution in [0, 0.1) is 6.92 Å². The normalized spacial score (nSPS) is 11.0. The Bertz CT molecular complexity index is 1340. The van der Waals surface area contributed by atoms with Crippen LogP contribution in [0.15, 0.2) is 71.8 Å². The molecule has 0 saturated heterocycles. The van der Waals surface area contributed by atoms with Crippen LogP contribution in [0.25, 0.3) is 28.4 Å². The molecule has 8 nitrogen and oxygen atoms in total. The van der Waals surface area contributed by atoms with Crippen molar-refractivity contribution in [2.75, 3.05) is 12.4 Å². The van der Waals surface area contributed by atoms with Crippen molar-refractivity contribution >= 4 is 11.5 Å². The van der Waals surface area contributed by atoms with E-state index >= 15 is 0 Å². The maximum atomic E-state index is 5.31. The second-order valence-electron chi connectivity index (χ2n) is 7.11. The largest absolute Gasteiger partial charge is 0.497 e. The van der Waals surface area contributed by atoms with E-state index in [1.54, 1.807) is 19.6 Å². The molecule has 0 aliphatic heterocycles. The second kappa shape index (κ2) is 7.91. The summed E-state index contributed by atoms with van der Waals surface area (Å²) < 4.78 is 12.6. The number of pyridine rings is 1. The van der Waals surface area contributed by atoms with Crippen LogP contribution in [-0.4, -0.2) is 31.6 Å². The van der Waals surface area contributed by atoms with E-state index in [1.807, 2.05) is 53.9 Å². The van der Waals surface area contributed by atoms with Gasteiger partial charge in [0, 0.05) is 36.5 Å². The first-order valence-corrected chi connectivity index (χ1v) is 9.79. The van der Waals surface area contributed by atoms with Gasteiger partial charge in [-0.3, -0.25) is 4.40 Å². The van der Waals surface area contributed by atoms with Gasteiger partial charge in [-0.1, -0.05) is 29.4 Å². The second-order valence-corrected chi connectivity index (χ2v) is 7.11. The maximum Gasteiger partial charge on any atom is 0.167 e. The van der Waals surface area contributed by atoms with Gasteiger partial charge in [-0.15, -0.1) is 0 Å². The van der Waals surface area contributed by atoms with Crippen LogP contribution < -0.4 is 10.1 Å². The first kappa shape index (κ1) is 18.8. The summed E-state index contributed by atoms with van der Waals surface area (Å²) >= 11 is 0. The van der Waals surface area contributed by atoms with Crippen LogP contribution in [0.3, 0.4) is 0 Å². The Hall–Kier alpha value is -4.20. The fourth-order valence-corrected chi connectivity index (χ4v) is 3.35. The van der Waals surface area contributed by atoms with Gasteiger partial charge in [0.05, 0.1) is 30.4 Å². The van der Waals surface area contributed by atoms with Crippen LogP contribution in [-0.2, 0) is 6.54 Å². The van der Waals surface area contributed by atoms with Gasteiger partial charge in [-0.25, -0.2) is 15.0 Å². The predicted octanol–water partition coefficient (Wildman–Crippen LogP) is 4.38. The molecule has 1 aromatic carbocycles. The number of nitrogens with one attached hydrogen (secondary N) is 1. The lowest BCUT2D eigenvalue weighted by Crippen LogP contribution is -2.02. The number of anilines is 1. The minimum Gasteiger partial charge on any atom is -0.497 e. The minimum atomic E-state index is 0.635. The number of rotatable bonds is 6. The van der Waals surface area contributed by atoms with Crippen molar-refractivity contribution in [3.63, 3.8) is 0 Å². The maximum absolute atomic E-state index is 5.31. The minimum absolute atomic E-state index is 0.635. The summed E-state index contributed by atoms with van der Waals surface area (Å²) in [6.45, 7) is 2.54. The van der Waals surface area contributed by atoms with Gasteiger partial charge in [0.25, 0.3) is 0 Å². The third-order valence-electron chi connectivity index (χ3n) is 4.99. The van der Waals surface area contributed by atoms with Crippen molar-refractivity contribution in [3.8, 4) is 28.5 Å². The molecule has 4 heterocycles. The molecular formula is C23H20N6O2. The van der Waals surface area contributed by atoms with E-state index in [2.05, 4.69) is 37.6 Å². The quantitative estimate of drug-likeness (QED) is 0.443. The standard InChI is InChI=1S/C23H20N6O2/c1-15-9-21(31-28-15)17-5-3-16(4-6-17)12-24-22-11-19(26-14-27-22)20-13-25-23-10-18(30-2)7-8-29(20)23/h3-11,13-14H,12H2,1-2H3,(H,24,26,27). The molecule has 0 bridgehead atoms. The molecule has 4 aromatic heterocycles. The highest BCUT2D eigenvalue weighted by Gasteiger charge is 2.10. The third kappa shape index (κ3) is 3.83. The fraction of sp³-hybridized carbons (Fsp3) is 0.130. The molecule has 0 unspecified atom stereocenters. The first-order chi connectivity index (χ1) is 15.2. The van der Waals surface area contributed by atoms with Gasteiger partial charge in [0.1, 0.15) is 23.5 Å². The molecule has 1 N–H and O–H groups in total. The summed E-state index contributed by atoms with van der Waals surface area (Å²) in [4.78, 5) is 13.2. The molecule has 0 spiro atoms. The molecule has 0 amide bonds. The first-order valence-electron chi connectivity index (χ1n) is 9.79. The molecule has 0 aliphatic carbocycles. The Morgan fingerprint density at radius 2 is 1.90 bits per heavy atom. The van der Waals surface area contributed by atoms with Crippen LogP contribution in [0.5, 0.6) is 5.75 Å². The topological polar surface area (TPSA) is 90.4 Å². The molecule has 0 fully saturated rings. The van der Waals surface area contributed by atoms with Crippen molar-refractivity contribution in [3.05, 3.63) is 78.5 Å². The van der Waals surface area contributed by atoms with Gasteiger partial charge >= 0.3 is 0 Å². The van der Waals surface area contributed by atoms with E-state index in [0.29, 0.717) is 6.54 Å². The zero-order valence-corrected chi connectivity index (χ0v) is 17.1. The predicted molar refractivity (Wildman–Crippen MR) is 117 cm³/mol. The molecule has 154 valence electrons. The molecule has 5 rings (SSSR count). The molecular weight excluding hydrogens is 392 g/mol. The van der Waals surface area contributed by atoms with Crippen molar-refractivity contribution in [1.29, 1.82) is 0 Å². The monoisotopic (exact) mass is 412 g/mol. The van der Waals surface area contributed by atoms with Gasteiger partial charge in [0.2, 0.25) is 0 Å². The Morgan fingerprint density at radius 1 is 1.03 bits per heavy atom. The number of nitrogens with zero attached hydrogens (tertiary/aromatic N) is 5. The smallest absolute Gasteiger partial charge is 0.167 e. The summed E-state index contributed by atoms with van der Waals surface area (Å²) in [7, 11) is 1.64. The van der Waals surface area contributed by atoms with Crippen LogP contribution in [0.2, 0.25) is 0 Å². The van der Waals surface area contributed by atoms with Crippen LogP contribution >= 0.6 is 0 Å². The highest BCUT2D eigenvalue weighted by atomic mass is 16.5. The zero-order valence-electron chi connectivity index (χ0n) is 17.1. The Kier molecular flexibility index (Phi) is 4.80. The number of benzene rings is 1. The average molecular weight is 412 g/mol. The number of hydrogen-bond donors (Lipinski definition) is 1.